The Hall–Kier alpha value is -1.74. The van der Waals surface area contributed by atoms with Crippen molar-refractivity contribution in [2.45, 2.75) is 18.9 Å². The molecule has 0 aliphatic rings. The summed E-state index contributed by atoms with van der Waals surface area (Å²) in [5.74, 6) is 0. The monoisotopic (exact) mass is 247 g/mol. The Morgan fingerprint density at radius 2 is 1.39 bits per heavy atom. The van der Waals surface area contributed by atoms with Gasteiger partial charge in [0.25, 0.3) is 0 Å². The van der Waals surface area contributed by atoms with E-state index in [1.807, 2.05) is 54.6 Å². The van der Waals surface area contributed by atoms with Crippen molar-refractivity contribution in [3.05, 3.63) is 60.2 Å². The molecule has 2 rings (SSSR count). The van der Waals surface area contributed by atoms with Crippen molar-refractivity contribution in [1.29, 1.82) is 0 Å². The smallest absolute Gasteiger partial charge is 0.240 e. The Morgan fingerprint density at radius 1 is 0.833 bits per heavy atom. The molecule has 0 amide bonds. The van der Waals surface area contributed by atoms with Gasteiger partial charge in [0.2, 0.25) is 6.43 Å². The zero-order valence-electron chi connectivity index (χ0n) is 9.89. The molecule has 3 heteroatoms. The molecule has 0 fully saturated rings. The molecule has 94 valence electrons. The quantitative estimate of drug-likeness (QED) is 0.868. The van der Waals surface area contributed by atoms with Crippen LogP contribution in [0.25, 0.3) is 11.1 Å². The van der Waals surface area contributed by atoms with Crippen LogP contribution in [0, 0.1) is 0 Å². The third-order valence-corrected chi connectivity index (χ3v) is 2.88. The van der Waals surface area contributed by atoms with Crippen LogP contribution < -0.4 is 5.73 Å². The molecule has 0 heterocycles. The van der Waals surface area contributed by atoms with Crippen molar-refractivity contribution in [1.82, 2.24) is 0 Å². The molecule has 0 aliphatic carbocycles. The summed E-state index contributed by atoms with van der Waals surface area (Å²) in [7, 11) is 0. The minimum absolute atomic E-state index is 0.301. The molecule has 2 aromatic rings. The lowest BCUT2D eigenvalue weighted by molar-refractivity contribution is 0.128. The van der Waals surface area contributed by atoms with Crippen molar-refractivity contribution in [3.8, 4) is 11.1 Å². The van der Waals surface area contributed by atoms with Gasteiger partial charge in [-0.3, -0.25) is 0 Å². The topological polar surface area (TPSA) is 26.0 Å². The Balaban J connectivity index is 2.15. The highest BCUT2D eigenvalue weighted by Crippen LogP contribution is 2.23. The molecule has 0 unspecified atom stereocenters. The Labute approximate surface area is 105 Å². The lowest BCUT2D eigenvalue weighted by Crippen LogP contribution is -2.13. The first-order valence-corrected chi connectivity index (χ1v) is 5.86. The van der Waals surface area contributed by atoms with Crippen LogP contribution in [0.1, 0.15) is 18.0 Å². The van der Waals surface area contributed by atoms with Gasteiger partial charge in [0, 0.05) is 12.5 Å². The SMILES string of the molecule is N[C@H](CC(F)F)c1ccc(-c2ccccc2)cc1. The second-order valence-corrected chi connectivity index (χ2v) is 4.22. The fraction of sp³-hybridized carbons (Fsp3) is 0.200. The molecule has 1 atom stereocenters. The molecule has 0 bridgehead atoms. The number of benzene rings is 2. The van der Waals surface area contributed by atoms with Crippen LogP contribution in [0.2, 0.25) is 0 Å². The predicted octanol–water partition coefficient (Wildman–Crippen LogP) is 4.01. The number of alkyl halides is 2. The summed E-state index contributed by atoms with van der Waals surface area (Å²) in [4.78, 5) is 0. The van der Waals surface area contributed by atoms with E-state index in [-0.39, 0.29) is 6.42 Å². The van der Waals surface area contributed by atoms with Crippen LogP contribution in [-0.4, -0.2) is 6.43 Å². The fourth-order valence-corrected chi connectivity index (χ4v) is 1.88. The Kier molecular flexibility index (Phi) is 4.05. The lowest BCUT2D eigenvalue weighted by Gasteiger charge is -2.12. The summed E-state index contributed by atoms with van der Waals surface area (Å²) < 4.78 is 24.5. The van der Waals surface area contributed by atoms with E-state index < -0.39 is 12.5 Å². The average molecular weight is 247 g/mol. The minimum atomic E-state index is -2.37. The van der Waals surface area contributed by atoms with E-state index in [0.717, 1.165) is 16.7 Å². The van der Waals surface area contributed by atoms with Gasteiger partial charge in [-0.2, -0.15) is 0 Å². The van der Waals surface area contributed by atoms with Crippen molar-refractivity contribution in [2.24, 2.45) is 5.73 Å². The van der Waals surface area contributed by atoms with Gasteiger partial charge in [-0.05, 0) is 16.7 Å². The molecule has 0 spiro atoms. The van der Waals surface area contributed by atoms with E-state index in [1.54, 1.807) is 0 Å². The van der Waals surface area contributed by atoms with Crippen molar-refractivity contribution < 1.29 is 8.78 Å². The van der Waals surface area contributed by atoms with Gasteiger partial charge in [-0.15, -0.1) is 0 Å². The number of rotatable bonds is 4. The van der Waals surface area contributed by atoms with Gasteiger partial charge in [-0.1, -0.05) is 54.6 Å². The van der Waals surface area contributed by atoms with Crippen LogP contribution in [0.15, 0.2) is 54.6 Å². The number of nitrogens with two attached hydrogens (primary N) is 1. The van der Waals surface area contributed by atoms with Gasteiger partial charge in [0.05, 0.1) is 0 Å². The van der Waals surface area contributed by atoms with Gasteiger partial charge < -0.3 is 5.73 Å². The zero-order chi connectivity index (χ0) is 13.0. The molecular weight excluding hydrogens is 232 g/mol. The lowest BCUT2D eigenvalue weighted by atomic mass is 10.00. The zero-order valence-corrected chi connectivity index (χ0v) is 9.89. The van der Waals surface area contributed by atoms with Crippen molar-refractivity contribution in [2.75, 3.05) is 0 Å². The summed E-state index contributed by atoms with van der Waals surface area (Å²) in [5, 5.41) is 0. The molecule has 0 saturated carbocycles. The van der Waals surface area contributed by atoms with E-state index in [1.165, 1.54) is 0 Å². The largest absolute Gasteiger partial charge is 0.324 e. The van der Waals surface area contributed by atoms with E-state index in [0.29, 0.717) is 0 Å². The van der Waals surface area contributed by atoms with E-state index in [2.05, 4.69) is 0 Å². The molecule has 18 heavy (non-hydrogen) atoms. The number of hydrogen-bond donors (Lipinski definition) is 1. The van der Waals surface area contributed by atoms with Crippen LogP contribution >= 0.6 is 0 Å². The highest BCUT2D eigenvalue weighted by molar-refractivity contribution is 5.63. The van der Waals surface area contributed by atoms with E-state index >= 15 is 0 Å². The Morgan fingerprint density at radius 3 is 1.94 bits per heavy atom. The standard InChI is InChI=1S/C15H15F2N/c16-15(17)10-14(18)13-8-6-12(7-9-13)11-4-2-1-3-5-11/h1-9,14-15H,10,18H2/t14-/m1/s1. The highest BCUT2D eigenvalue weighted by atomic mass is 19.3. The molecule has 0 saturated heterocycles. The second-order valence-electron chi connectivity index (χ2n) is 4.22. The summed E-state index contributed by atoms with van der Waals surface area (Å²) >= 11 is 0. The van der Waals surface area contributed by atoms with Gasteiger partial charge in [-0.25, -0.2) is 8.78 Å². The van der Waals surface area contributed by atoms with Crippen LogP contribution in [0.3, 0.4) is 0 Å². The molecule has 2 N–H and O–H groups in total. The first-order valence-electron chi connectivity index (χ1n) is 5.86. The van der Waals surface area contributed by atoms with E-state index in [9.17, 15) is 8.78 Å². The maximum absolute atomic E-state index is 12.2. The summed E-state index contributed by atoms with van der Waals surface area (Å²) in [6.45, 7) is 0. The highest BCUT2D eigenvalue weighted by Gasteiger charge is 2.12. The Bertz CT molecular complexity index is 480. The minimum Gasteiger partial charge on any atom is -0.324 e. The predicted molar refractivity (Wildman–Crippen MR) is 69.4 cm³/mol. The van der Waals surface area contributed by atoms with Gasteiger partial charge in [0.15, 0.2) is 0 Å². The molecule has 2 aromatic carbocycles. The van der Waals surface area contributed by atoms with Gasteiger partial charge >= 0.3 is 0 Å². The van der Waals surface area contributed by atoms with Crippen molar-refractivity contribution in [3.63, 3.8) is 0 Å². The number of hydrogen-bond acceptors (Lipinski definition) is 1. The first-order chi connectivity index (χ1) is 8.66. The molecule has 0 radical (unpaired) electrons. The summed E-state index contributed by atoms with van der Waals surface area (Å²) in [6, 6.07) is 16.8. The molecule has 0 aliphatic heterocycles. The van der Waals surface area contributed by atoms with Crippen LogP contribution in [0.5, 0.6) is 0 Å². The average Bonchev–Trinajstić information content (AvgIpc) is 2.39. The molecule has 0 aromatic heterocycles. The summed E-state index contributed by atoms with van der Waals surface area (Å²) in [6.07, 6.45) is -2.67. The fourth-order valence-electron chi connectivity index (χ4n) is 1.88. The second kappa shape index (κ2) is 5.74. The maximum atomic E-state index is 12.2. The van der Waals surface area contributed by atoms with E-state index in [4.69, 9.17) is 5.73 Å². The summed E-state index contributed by atoms with van der Waals surface area (Å²) in [5.41, 5.74) is 8.61. The number of halogens is 2. The third kappa shape index (κ3) is 3.14. The van der Waals surface area contributed by atoms with Crippen molar-refractivity contribution >= 4 is 0 Å². The molecule has 1 nitrogen and oxygen atoms in total. The van der Waals surface area contributed by atoms with Gasteiger partial charge in [0.1, 0.15) is 0 Å². The maximum Gasteiger partial charge on any atom is 0.240 e. The normalized spacial score (nSPS) is 12.7. The van der Waals surface area contributed by atoms with Crippen LogP contribution in [0.4, 0.5) is 8.78 Å². The van der Waals surface area contributed by atoms with Crippen LogP contribution in [-0.2, 0) is 0 Å². The first kappa shape index (κ1) is 12.7. The molecular formula is C15H15F2N. The third-order valence-electron chi connectivity index (χ3n) is 2.88.